The monoisotopic (exact) mass is 398 g/mol. The summed E-state index contributed by atoms with van der Waals surface area (Å²) in [7, 11) is 0. The first kappa shape index (κ1) is 21.5. The Bertz CT molecular complexity index is 1010. The molecule has 3 aromatic rings. The molecule has 0 radical (unpaired) electrons. The van der Waals surface area contributed by atoms with Crippen LogP contribution in [0.15, 0.2) is 66.9 Å². The predicted octanol–water partition coefficient (Wildman–Crippen LogP) is 7.31. The van der Waals surface area contributed by atoms with Crippen molar-refractivity contribution in [2.75, 3.05) is 5.32 Å². The third-order valence-electron chi connectivity index (χ3n) is 5.03. The van der Waals surface area contributed by atoms with Crippen LogP contribution in [0.3, 0.4) is 0 Å². The molecule has 3 rings (SSSR count). The number of Topliss-reactive ketones (excluding diaryl/α,β-unsaturated/α-hetero) is 1. The van der Waals surface area contributed by atoms with Crippen LogP contribution in [0, 0.1) is 12.8 Å². The average Bonchev–Trinajstić information content (AvgIpc) is 2.74. The van der Waals surface area contributed by atoms with E-state index in [0.29, 0.717) is 12.3 Å². The Morgan fingerprint density at radius 2 is 1.90 bits per heavy atom. The number of rotatable bonds is 9. The van der Waals surface area contributed by atoms with Crippen molar-refractivity contribution in [3.63, 3.8) is 0 Å². The van der Waals surface area contributed by atoms with Gasteiger partial charge in [-0.25, -0.2) is 0 Å². The van der Waals surface area contributed by atoms with Crippen LogP contribution < -0.4 is 5.32 Å². The van der Waals surface area contributed by atoms with Gasteiger partial charge in [0, 0.05) is 29.6 Å². The van der Waals surface area contributed by atoms with Crippen molar-refractivity contribution in [2.45, 2.75) is 40.0 Å². The Morgan fingerprint density at radius 3 is 2.63 bits per heavy atom. The highest BCUT2D eigenvalue weighted by molar-refractivity contribution is 5.96. The highest BCUT2D eigenvalue weighted by atomic mass is 16.1. The number of nitrogens with zero attached hydrogens (tertiary/aromatic N) is 1. The number of nitrogens with one attached hydrogen (secondary N) is 1. The maximum atomic E-state index is 12.4. The van der Waals surface area contributed by atoms with Gasteiger partial charge < -0.3 is 5.32 Å². The van der Waals surface area contributed by atoms with Crippen LogP contribution in [0.5, 0.6) is 0 Å². The van der Waals surface area contributed by atoms with Crippen molar-refractivity contribution in [1.29, 1.82) is 0 Å². The molecule has 0 saturated heterocycles. The Balaban J connectivity index is 1.66. The first-order valence-electron chi connectivity index (χ1n) is 10.6. The number of hydrogen-bond acceptors (Lipinski definition) is 3. The molecule has 0 aliphatic carbocycles. The van der Waals surface area contributed by atoms with Gasteiger partial charge in [-0.3, -0.25) is 9.78 Å². The van der Waals surface area contributed by atoms with Crippen molar-refractivity contribution in [2.24, 2.45) is 5.92 Å². The number of aryl methyl sites for hydroxylation is 1. The summed E-state index contributed by atoms with van der Waals surface area (Å²) in [5.74, 6) is 0.868. The molecule has 3 heteroatoms. The minimum atomic E-state index is 0.229. The lowest BCUT2D eigenvalue weighted by molar-refractivity contribution is 0.0978. The second-order valence-electron chi connectivity index (χ2n) is 8.08. The molecule has 0 aliphatic rings. The summed E-state index contributed by atoms with van der Waals surface area (Å²) in [6.45, 7) is 6.43. The molecule has 0 spiro atoms. The number of aromatic nitrogens is 1. The van der Waals surface area contributed by atoms with E-state index in [4.69, 9.17) is 0 Å². The van der Waals surface area contributed by atoms with Crippen LogP contribution in [0.25, 0.3) is 12.2 Å². The molecule has 0 saturated carbocycles. The van der Waals surface area contributed by atoms with E-state index in [1.807, 2.05) is 61.5 Å². The van der Waals surface area contributed by atoms with Crippen molar-refractivity contribution >= 4 is 29.3 Å². The Labute approximate surface area is 179 Å². The minimum Gasteiger partial charge on any atom is -0.355 e. The number of carbonyl (C=O) groups is 1. The summed E-state index contributed by atoms with van der Waals surface area (Å²) in [6.07, 6.45) is 8.52. The molecule has 2 aromatic carbocycles. The van der Waals surface area contributed by atoms with Crippen molar-refractivity contribution in [3.8, 4) is 0 Å². The summed E-state index contributed by atoms with van der Waals surface area (Å²) in [4.78, 5) is 16.8. The first-order valence-corrected chi connectivity index (χ1v) is 10.6. The van der Waals surface area contributed by atoms with E-state index in [9.17, 15) is 4.79 Å². The lowest BCUT2D eigenvalue weighted by atomic mass is 9.99. The molecule has 30 heavy (non-hydrogen) atoms. The molecule has 0 aliphatic heterocycles. The van der Waals surface area contributed by atoms with Gasteiger partial charge in [0.2, 0.25) is 0 Å². The molecule has 1 N–H and O–H groups in total. The summed E-state index contributed by atoms with van der Waals surface area (Å²) >= 11 is 0. The summed E-state index contributed by atoms with van der Waals surface area (Å²) in [5, 5.41) is 3.47. The van der Waals surface area contributed by atoms with Crippen LogP contribution in [-0.2, 0) is 0 Å². The number of pyridine rings is 1. The molecule has 0 atom stereocenters. The molecule has 1 heterocycles. The second-order valence-corrected chi connectivity index (χ2v) is 8.08. The highest BCUT2D eigenvalue weighted by Crippen LogP contribution is 2.24. The van der Waals surface area contributed by atoms with Gasteiger partial charge in [-0.15, -0.1) is 0 Å². The Morgan fingerprint density at radius 1 is 1.03 bits per heavy atom. The molecule has 0 bridgehead atoms. The van der Waals surface area contributed by atoms with Crippen molar-refractivity contribution in [3.05, 3.63) is 89.2 Å². The normalized spacial score (nSPS) is 11.2. The van der Waals surface area contributed by atoms with Crippen LogP contribution in [-0.4, -0.2) is 10.8 Å². The molecular weight excluding hydrogens is 368 g/mol. The van der Waals surface area contributed by atoms with Gasteiger partial charge in [-0.2, -0.15) is 0 Å². The van der Waals surface area contributed by atoms with Crippen molar-refractivity contribution < 1.29 is 4.79 Å². The van der Waals surface area contributed by atoms with Gasteiger partial charge in [0.05, 0.1) is 5.69 Å². The topological polar surface area (TPSA) is 42.0 Å². The predicted molar refractivity (Wildman–Crippen MR) is 127 cm³/mol. The van der Waals surface area contributed by atoms with E-state index in [0.717, 1.165) is 46.6 Å². The van der Waals surface area contributed by atoms with E-state index in [2.05, 4.69) is 42.4 Å². The fraction of sp³-hybridized carbons (Fsp3) is 0.259. The lowest BCUT2D eigenvalue weighted by Gasteiger charge is -2.12. The minimum absolute atomic E-state index is 0.229. The maximum Gasteiger partial charge on any atom is 0.162 e. The van der Waals surface area contributed by atoms with Gasteiger partial charge in [0.25, 0.3) is 0 Å². The quantitative estimate of drug-likeness (QED) is 0.384. The number of anilines is 2. The molecule has 0 fully saturated rings. The standard InChI is InChI=1S/C27H30N2O/c1-20(2)8-6-12-27(30)23-14-16-26(21(3)18-23)29-25-11-7-9-22(19-25)13-15-24-10-4-5-17-28-24/h4-5,7,9-11,13-20,29H,6,8,12H2,1-3H3/b15-13+. The highest BCUT2D eigenvalue weighted by Gasteiger charge is 2.09. The number of benzene rings is 2. The Kier molecular flexibility index (Phi) is 7.56. The molecule has 0 unspecified atom stereocenters. The molecule has 3 nitrogen and oxygen atoms in total. The fourth-order valence-electron chi connectivity index (χ4n) is 3.32. The van der Waals surface area contributed by atoms with E-state index in [1.165, 1.54) is 0 Å². The zero-order chi connectivity index (χ0) is 21.3. The van der Waals surface area contributed by atoms with Gasteiger partial charge in [0.1, 0.15) is 0 Å². The van der Waals surface area contributed by atoms with Crippen LogP contribution in [0.1, 0.15) is 60.3 Å². The zero-order valence-electron chi connectivity index (χ0n) is 18.1. The molecule has 1 aromatic heterocycles. The summed E-state index contributed by atoms with van der Waals surface area (Å²) < 4.78 is 0. The van der Waals surface area contributed by atoms with E-state index < -0.39 is 0 Å². The molecule has 154 valence electrons. The van der Waals surface area contributed by atoms with Gasteiger partial charge in [-0.05, 0) is 78.9 Å². The number of hydrogen-bond donors (Lipinski definition) is 1. The van der Waals surface area contributed by atoms with E-state index in [1.54, 1.807) is 6.20 Å². The molecular formula is C27H30N2O. The van der Waals surface area contributed by atoms with E-state index >= 15 is 0 Å². The molecule has 0 amide bonds. The largest absolute Gasteiger partial charge is 0.355 e. The van der Waals surface area contributed by atoms with Crippen LogP contribution in [0.4, 0.5) is 11.4 Å². The third-order valence-corrected chi connectivity index (χ3v) is 5.03. The zero-order valence-corrected chi connectivity index (χ0v) is 18.1. The third kappa shape index (κ3) is 6.41. The van der Waals surface area contributed by atoms with Crippen molar-refractivity contribution in [1.82, 2.24) is 4.98 Å². The SMILES string of the molecule is Cc1cc(C(=O)CCCC(C)C)ccc1Nc1cccc(/C=C/c2ccccn2)c1. The number of carbonyl (C=O) groups excluding carboxylic acids is 1. The van der Waals surface area contributed by atoms with Crippen LogP contribution in [0.2, 0.25) is 0 Å². The Hall–Kier alpha value is -3.20. The average molecular weight is 399 g/mol. The second kappa shape index (κ2) is 10.5. The maximum absolute atomic E-state index is 12.4. The summed E-state index contributed by atoms with van der Waals surface area (Å²) in [6, 6.07) is 20.0. The fourth-order valence-corrected chi connectivity index (χ4v) is 3.32. The van der Waals surface area contributed by atoms with Gasteiger partial charge in [-0.1, -0.05) is 44.5 Å². The smallest absolute Gasteiger partial charge is 0.162 e. The number of ketones is 1. The summed E-state index contributed by atoms with van der Waals surface area (Å²) in [5.41, 5.74) is 5.92. The van der Waals surface area contributed by atoms with E-state index in [-0.39, 0.29) is 5.78 Å². The lowest BCUT2D eigenvalue weighted by Crippen LogP contribution is -2.02. The van der Waals surface area contributed by atoms with Gasteiger partial charge in [0.15, 0.2) is 5.78 Å². The van der Waals surface area contributed by atoms with Crippen LogP contribution >= 0.6 is 0 Å². The van der Waals surface area contributed by atoms with Gasteiger partial charge >= 0.3 is 0 Å². The first-order chi connectivity index (χ1) is 14.5.